The molecule has 0 fully saturated rings. The van der Waals surface area contributed by atoms with E-state index >= 15 is 0 Å². The molecule has 5 N–H and O–H groups in total. The van der Waals surface area contributed by atoms with Gasteiger partial charge in [0.25, 0.3) is 0 Å². The summed E-state index contributed by atoms with van der Waals surface area (Å²) in [5.41, 5.74) is 1.42. The zero-order valence-corrected chi connectivity index (χ0v) is 25.2. The first-order valence-electron chi connectivity index (χ1n) is 13.8. The average molecular weight is 659 g/mol. The van der Waals surface area contributed by atoms with E-state index in [1.54, 1.807) is 36.4 Å². The van der Waals surface area contributed by atoms with Crippen LogP contribution in [0.25, 0.3) is 0 Å². The number of carbonyl (C=O) groups excluding carboxylic acids is 4. The van der Waals surface area contributed by atoms with Gasteiger partial charge in [-0.25, -0.2) is 9.18 Å². The summed E-state index contributed by atoms with van der Waals surface area (Å²) in [6.45, 7) is -0.291. The second kappa shape index (κ2) is 14.9. The van der Waals surface area contributed by atoms with Crippen LogP contribution < -0.4 is 16.0 Å². The molecule has 4 rings (SSSR count). The minimum Gasteiger partial charge on any atom is -0.508 e. The predicted molar refractivity (Wildman–Crippen MR) is 164 cm³/mol. The summed E-state index contributed by atoms with van der Waals surface area (Å²) >= 11 is 11.7. The van der Waals surface area contributed by atoms with Crippen molar-refractivity contribution in [3.63, 3.8) is 0 Å². The standard InChI is InChI=1S/C31H29Cl2FN4O7/c32-21-8-9-22(28(34)27(21)33)36-29(42)23(12-13-35-31(44)45)37-30(43)24-15-18-6-7-20(39)14-19(18)16-38(24)26(41)11-10-25(40)17-4-2-1-3-5-17/h1-9,14,23-24,35,39H,10-13,15-16H2,(H,36,42)(H,37,43)(H,44,45)/t23-,24-/m0/s1. The molecule has 11 nitrogen and oxygen atoms in total. The highest BCUT2D eigenvalue weighted by molar-refractivity contribution is 6.42. The SMILES string of the molecule is O=C(O)NCC[C@H](NC(=O)[C@@H]1Cc2ccc(O)cc2CN1C(=O)CCC(=O)c1ccccc1)C(=O)Nc1ccc(Cl)c(Cl)c1F. The van der Waals surface area contributed by atoms with Crippen molar-refractivity contribution in [2.75, 3.05) is 11.9 Å². The van der Waals surface area contributed by atoms with Crippen LogP contribution >= 0.6 is 23.2 Å². The van der Waals surface area contributed by atoms with Crippen molar-refractivity contribution >= 4 is 58.5 Å². The van der Waals surface area contributed by atoms with Gasteiger partial charge < -0.3 is 31.1 Å². The average Bonchev–Trinajstić information content (AvgIpc) is 3.02. The number of nitrogens with zero attached hydrogens (tertiary/aromatic N) is 1. The molecule has 1 aliphatic heterocycles. The van der Waals surface area contributed by atoms with E-state index in [0.29, 0.717) is 16.7 Å². The molecule has 0 aliphatic carbocycles. The Morgan fingerprint density at radius 3 is 2.42 bits per heavy atom. The maximum Gasteiger partial charge on any atom is 0.404 e. The van der Waals surface area contributed by atoms with Gasteiger partial charge in [-0.15, -0.1) is 0 Å². The predicted octanol–water partition coefficient (Wildman–Crippen LogP) is 4.54. The molecule has 0 saturated carbocycles. The van der Waals surface area contributed by atoms with Gasteiger partial charge >= 0.3 is 6.09 Å². The fourth-order valence-corrected chi connectivity index (χ4v) is 5.21. The fourth-order valence-electron chi connectivity index (χ4n) is 4.90. The number of rotatable bonds is 11. The molecule has 1 aliphatic rings. The molecule has 236 valence electrons. The topological polar surface area (TPSA) is 165 Å². The van der Waals surface area contributed by atoms with Crippen LogP contribution in [0.5, 0.6) is 5.75 Å². The maximum atomic E-state index is 14.6. The van der Waals surface area contributed by atoms with E-state index in [2.05, 4.69) is 16.0 Å². The Morgan fingerprint density at radius 2 is 1.71 bits per heavy atom. The number of carbonyl (C=O) groups is 5. The number of amides is 4. The van der Waals surface area contributed by atoms with Crippen molar-refractivity contribution in [1.82, 2.24) is 15.5 Å². The number of benzene rings is 3. The van der Waals surface area contributed by atoms with E-state index in [1.807, 2.05) is 0 Å². The van der Waals surface area contributed by atoms with Gasteiger partial charge in [-0.2, -0.15) is 0 Å². The Kier molecular flexibility index (Phi) is 11.0. The molecule has 0 aromatic heterocycles. The molecule has 0 saturated heterocycles. The third kappa shape index (κ3) is 8.49. The van der Waals surface area contributed by atoms with E-state index in [0.717, 1.165) is 0 Å². The summed E-state index contributed by atoms with van der Waals surface area (Å²) in [6, 6.07) is 13.0. The molecule has 0 spiro atoms. The summed E-state index contributed by atoms with van der Waals surface area (Å²) in [7, 11) is 0. The first-order chi connectivity index (χ1) is 21.4. The van der Waals surface area contributed by atoms with Gasteiger partial charge in [-0.1, -0.05) is 59.6 Å². The van der Waals surface area contributed by atoms with Crippen molar-refractivity contribution in [3.05, 3.63) is 93.2 Å². The Balaban J connectivity index is 1.55. The van der Waals surface area contributed by atoms with Crippen LogP contribution in [0.1, 0.15) is 40.7 Å². The molecular formula is C31H29Cl2FN4O7. The lowest BCUT2D eigenvalue weighted by atomic mass is 9.92. The minimum absolute atomic E-state index is 0.0273. The van der Waals surface area contributed by atoms with Crippen LogP contribution in [0.15, 0.2) is 60.7 Å². The van der Waals surface area contributed by atoms with Gasteiger partial charge in [-0.05, 0) is 41.8 Å². The number of phenolic OH excluding ortho intramolecular Hbond substituents is 1. The molecule has 0 unspecified atom stereocenters. The third-order valence-electron chi connectivity index (χ3n) is 7.24. The normalized spacial score (nSPS) is 14.6. The van der Waals surface area contributed by atoms with E-state index in [4.69, 9.17) is 28.3 Å². The number of carboxylic acid groups (broad SMARTS) is 1. The number of Topliss-reactive ketones (excluding diaryl/α,β-unsaturated/α-hetero) is 1. The van der Waals surface area contributed by atoms with Gasteiger partial charge in [0.2, 0.25) is 17.7 Å². The third-order valence-corrected chi connectivity index (χ3v) is 8.02. The van der Waals surface area contributed by atoms with Crippen LogP contribution in [0, 0.1) is 5.82 Å². The summed E-state index contributed by atoms with van der Waals surface area (Å²) in [5, 5.41) is 25.5. The molecule has 3 aromatic carbocycles. The summed E-state index contributed by atoms with van der Waals surface area (Å²) in [4.78, 5) is 65.4. The summed E-state index contributed by atoms with van der Waals surface area (Å²) in [5.74, 6) is -3.39. The smallest absolute Gasteiger partial charge is 0.404 e. The van der Waals surface area contributed by atoms with Crippen LogP contribution in [-0.4, -0.2) is 63.3 Å². The molecule has 0 radical (unpaired) electrons. The number of hydrogen-bond acceptors (Lipinski definition) is 6. The van der Waals surface area contributed by atoms with Gasteiger partial charge in [-0.3, -0.25) is 19.2 Å². The van der Waals surface area contributed by atoms with Crippen LogP contribution in [-0.2, 0) is 27.3 Å². The largest absolute Gasteiger partial charge is 0.508 e. The molecule has 14 heteroatoms. The molecular weight excluding hydrogens is 630 g/mol. The molecule has 0 bridgehead atoms. The van der Waals surface area contributed by atoms with E-state index in [-0.39, 0.29) is 61.0 Å². The van der Waals surface area contributed by atoms with Crippen molar-refractivity contribution in [2.45, 2.75) is 44.3 Å². The van der Waals surface area contributed by atoms with Crippen molar-refractivity contribution in [2.24, 2.45) is 0 Å². The van der Waals surface area contributed by atoms with Gasteiger partial charge in [0.15, 0.2) is 11.6 Å². The Bertz CT molecular complexity index is 1620. The number of halogens is 3. The van der Waals surface area contributed by atoms with Gasteiger partial charge in [0.1, 0.15) is 17.8 Å². The number of nitrogens with one attached hydrogen (secondary N) is 3. The van der Waals surface area contributed by atoms with Gasteiger partial charge in [0, 0.05) is 37.9 Å². The number of phenols is 1. The van der Waals surface area contributed by atoms with Gasteiger partial charge in [0.05, 0.1) is 15.7 Å². The van der Waals surface area contributed by atoms with Crippen LogP contribution in [0.2, 0.25) is 10.0 Å². The molecule has 2 atom stereocenters. The molecule has 4 amide bonds. The Morgan fingerprint density at radius 1 is 0.978 bits per heavy atom. The first kappa shape index (κ1) is 33.2. The number of fused-ring (bicyclic) bond motifs is 1. The Labute approximate surface area is 267 Å². The van der Waals surface area contributed by atoms with Crippen molar-refractivity contribution in [1.29, 1.82) is 0 Å². The lowest BCUT2D eigenvalue weighted by molar-refractivity contribution is -0.142. The lowest BCUT2D eigenvalue weighted by Crippen LogP contribution is -2.56. The van der Waals surface area contributed by atoms with Crippen molar-refractivity contribution in [3.8, 4) is 5.75 Å². The summed E-state index contributed by atoms with van der Waals surface area (Å²) < 4.78 is 14.6. The number of hydrogen-bond donors (Lipinski definition) is 5. The number of ketones is 1. The Hall–Kier alpha value is -4.68. The van der Waals surface area contributed by atoms with Crippen LogP contribution in [0.3, 0.4) is 0 Å². The van der Waals surface area contributed by atoms with E-state index in [1.165, 1.54) is 29.2 Å². The zero-order valence-electron chi connectivity index (χ0n) is 23.7. The highest BCUT2D eigenvalue weighted by atomic mass is 35.5. The number of anilines is 1. The maximum absolute atomic E-state index is 14.6. The van der Waals surface area contributed by atoms with Crippen molar-refractivity contribution < 1.29 is 38.6 Å². The number of aromatic hydroxyl groups is 1. The fraction of sp³-hybridized carbons (Fsp3) is 0.258. The monoisotopic (exact) mass is 658 g/mol. The lowest BCUT2D eigenvalue weighted by Gasteiger charge is -2.37. The minimum atomic E-state index is -1.36. The molecule has 1 heterocycles. The highest BCUT2D eigenvalue weighted by Crippen LogP contribution is 2.30. The highest BCUT2D eigenvalue weighted by Gasteiger charge is 2.36. The van der Waals surface area contributed by atoms with E-state index < -0.39 is 46.7 Å². The zero-order chi connectivity index (χ0) is 32.7. The quantitative estimate of drug-likeness (QED) is 0.149. The van der Waals surface area contributed by atoms with E-state index in [9.17, 15) is 33.5 Å². The van der Waals surface area contributed by atoms with Crippen LogP contribution in [0.4, 0.5) is 14.9 Å². The molecule has 45 heavy (non-hydrogen) atoms. The second-order valence-corrected chi connectivity index (χ2v) is 11.1. The second-order valence-electron chi connectivity index (χ2n) is 10.3. The molecule has 3 aromatic rings. The summed E-state index contributed by atoms with van der Waals surface area (Å²) in [6.07, 6.45) is -1.85. The first-order valence-corrected chi connectivity index (χ1v) is 14.6.